The van der Waals surface area contributed by atoms with E-state index in [-0.39, 0.29) is 51.0 Å². The van der Waals surface area contributed by atoms with Gasteiger partial charge in [0.2, 0.25) is 11.4 Å². The fraction of sp³-hybridized carbons (Fsp3) is 0.379. The summed E-state index contributed by atoms with van der Waals surface area (Å²) in [6, 6.07) is 6.15. The van der Waals surface area contributed by atoms with Crippen LogP contribution < -0.4 is 4.57 Å². The van der Waals surface area contributed by atoms with Gasteiger partial charge in [-0.05, 0) is 55.2 Å². The van der Waals surface area contributed by atoms with Crippen LogP contribution in [0, 0.1) is 33.2 Å². The zero-order chi connectivity index (χ0) is 31.9. The molecule has 2 aromatic carbocycles. The van der Waals surface area contributed by atoms with Gasteiger partial charge in [-0.2, -0.15) is 4.57 Å². The van der Waals surface area contributed by atoms with E-state index < -0.39 is 31.9 Å². The molecule has 4 aromatic rings. The Hall–Kier alpha value is -3.12. The molecule has 1 unspecified atom stereocenters. The second kappa shape index (κ2) is 8.10. The maximum Gasteiger partial charge on any atom is 0.229 e. The van der Waals surface area contributed by atoms with Gasteiger partial charge in [0.05, 0.1) is 13.5 Å². The van der Waals surface area contributed by atoms with E-state index in [0.29, 0.717) is 21.9 Å². The quantitative estimate of drug-likeness (QED) is 0.236. The molecule has 3 heteroatoms. The van der Waals surface area contributed by atoms with Crippen molar-refractivity contribution in [1.82, 2.24) is 0 Å². The molecule has 0 aliphatic carbocycles. The van der Waals surface area contributed by atoms with Crippen molar-refractivity contribution in [1.29, 1.82) is 0 Å². The van der Waals surface area contributed by atoms with Crippen LogP contribution in [0.5, 0.6) is 0 Å². The van der Waals surface area contributed by atoms with Crippen molar-refractivity contribution >= 4 is 27.6 Å². The molecule has 4 rings (SSSR count). The first-order valence-corrected chi connectivity index (χ1v) is 10.5. The van der Waals surface area contributed by atoms with Crippen LogP contribution >= 0.6 is 0 Å². The number of rotatable bonds is 4. The van der Waals surface area contributed by atoms with Crippen molar-refractivity contribution in [2.45, 2.75) is 60.6 Å². The van der Waals surface area contributed by atoms with Gasteiger partial charge in [0.1, 0.15) is 18.2 Å². The fourth-order valence-corrected chi connectivity index (χ4v) is 4.02. The fourth-order valence-electron chi connectivity index (χ4n) is 4.02. The Kier molecular flexibility index (Phi) is 3.24. The average Bonchev–Trinajstić information content (AvgIpc) is 3.23. The molecule has 0 saturated carbocycles. The Morgan fingerprint density at radius 2 is 2.00 bits per heavy atom. The third kappa shape index (κ3) is 3.48. The van der Waals surface area contributed by atoms with Gasteiger partial charge >= 0.3 is 0 Å². The number of fused-ring (bicyclic) bond motifs is 3. The number of pyridine rings is 1. The number of hydrogen-bond acceptors (Lipinski definition) is 1. The van der Waals surface area contributed by atoms with Crippen molar-refractivity contribution in [2.24, 2.45) is 13.0 Å². The minimum atomic E-state index is -2.68. The lowest BCUT2D eigenvalue weighted by atomic mass is 9.93. The molecule has 2 heterocycles. The maximum atomic E-state index is 9.27. The first kappa shape index (κ1) is 12.8. The predicted molar refractivity (Wildman–Crippen MR) is 133 cm³/mol. The summed E-state index contributed by atoms with van der Waals surface area (Å²) >= 11 is 0. The van der Waals surface area contributed by atoms with E-state index >= 15 is 0 Å². The SMILES string of the molecule is [2H]c1c(C([2H])([2H])C(C)C)c(C([2H])([2H])[2H])c(C)[n+](C)c1-c1c(C)ccc2c1oc1c([N+]#[C-])cc(C([2H])(C)C([2H])([2H])[2H])cc12. The van der Waals surface area contributed by atoms with E-state index in [0.717, 1.165) is 0 Å². The standard InChI is InChI=1S/C29H33N2O/c1-16(2)12-22-15-26(31(9)20(7)19(22)6)27-18(5)10-11-23-24-13-21(17(3)4)14-25(30-8)28(24)32-29(23)27/h10-11,13-17H,12H2,1-7,9H3/q+1/i3D3,6D3,12D2,15D,17D. The minimum absolute atomic E-state index is 0.0336. The molecule has 3 nitrogen and oxygen atoms in total. The van der Waals surface area contributed by atoms with Crippen LogP contribution in [0.1, 0.15) is 75.2 Å². The third-order valence-electron chi connectivity index (χ3n) is 5.85. The van der Waals surface area contributed by atoms with E-state index in [1.165, 1.54) is 13.0 Å². The molecule has 32 heavy (non-hydrogen) atoms. The number of benzene rings is 2. The van der Waals surface area contributed by atoms with E-state index in [9.17, 15) is 1.37 Å². The van der Waals surface area contributed by atoms with Crippen LogP contribution in [-0.4, -0.2) is 0 Å². The first-order valence-electron chi connectivity index (χ1n) is 15.5. The number of hydrogen-bond donors (Lipinski definition) is 0. The van der Waals surface area contributed by atoms with Gasteiger partial charge in [-0.1, -0.05) is 45.3 Å². The van der Waals surface area contributed by atoms with Gasteiger partial charge in [0.25, 0.3) is 0 Å². The minimum Gasteiger partial charge on any atom is -0.466 e. The van der Waals surface area contributed by atoms with Crippen molar-refractivity contribution in [3.8, 4) is 11.3 Å². The summed E-state index contributed by atoms with van der Waals surface area (Å²) in [6.45, 7) is 10.4. The molecular weight excluding hydrogens is 392 g/mol. The lowest BCUT2D eigenvalue weighted by Gasteiger charge is -2.14. The Morgan fingerprint density at radius 3 is 2.66 bits per heavy atom. The molecular formula is C29H33N2O+. The second-order valence-electron chi connectivity index (χ2n) is 8.51. The lowest BCUT2D eigenvalue weighted by molar-refractivity contribution is -0.667. The Labute approximate surface area is 205 Å². The summed E-state index contributed by atoms with van der Waals surface area (Å²) < 4.78 is 91.8. The molecule has 0 bridgehead atoms. The Morgan fingerprint density at radius 1 is 1.22 bits per heavy atom. The number of aryl methyl sites for hydroxylation is 1. The second-order valence-corrected chi connectivity index (χ2v) is 8.51. The van der Waals surface area contributed by atoms with Crippen LogP contribution in [0.4, 0.5) is 5.69 Å². The molecule has 164 valence electrons. The zero-order valence-corrected chi connectivity index (χ0v) is 19.2. The molecule has 0 saturated heterocycles. The van der Waals surface area contributed by atoms with Crippen LogP contribution in [0.3, 0.4) is 0 Å². The largest absolute Gasteiger partial charge is 0.466 e. The number of nitrogens with zero attached hydrogens (tertiary/aromatic N) is 2. The van der Waals surface area contributed by atoms with E-state index in [1.54, 1.807) is 57.5 Å². The first-order chi connectivity index (χ1) is 19.1. The Bertz CT molecular complexity index is 1790. The maximum absolute atomic E-state index is 9.27. The Balaban J connectivity index is 2.22. The van der Waals surface area contributed by atoms with Gasteiger partial charge in [-0.15, -0.1) is 0 Å². The van der Waals surface area contributed by atoms with Crippen molar-refractivity contribution in [2.75, 3.05) is 0 Å². The van der Waals surface area contributed by atoms with Gasteiger partial charge in [0.15, 0.2) is 5.69 Å². The smallest absolute Gasteiger partial charge is 0.229 e. The summed E-state index contributed by atoms with van der Waals surface area (Å²) in [6.07, 6.45) is -2.15. The van der Waals surface area contributed by atoms with E-state index in [2.05, 4.69) is 4.85 Å². The van der Waals surface area contributed by atoms with E-state index in [1.807, 2.05) is 0 Å². The lowest BCUT2D eigenvalue weighted by Crippen LogP contribution is -2.36. The van der Waals surface area contributed by atoms with Crippen LogP contribution in [-0.2, 0) is 13.4 Å². The molecule has 0 amide bonds. The monoisotopic (exact) mass is 435 g/mol. The summed E-state index contributed by atoms with van der Waals surface area (Å²) in [5.74, 6) is -2.64. The van der Waals surface area contributed by atoms with E-state index in [4.69, 9.17) is 23.3 Å². The highest BCUT2D eigenvalue weighted by Gasteiger charge is 2.25. The van der Waals surface area contributed by atoms with Crippen LogP contribution in [0.2, 0.25) is 0 Å². The van der Waals surface area contributed by atoms with Gasteiger partial charge in [-0.3, -0.25) is 0 Å². The zero-order valence-electron chi connectivity index (χ0n) is 29.2. The predicted octanol–water partition coefficient (Wildman–Crippen LogP) is 7.88. The molecule has 0 aliphatic rings. The van der Waals surface area contributed by atoms with Crippen molar-refractivity contribution < 1.29 is 22.7 Å². The highest BCUT2D eigenvalue weighted by Crippen LogP contribution is 2.42. The molecule has 2 aromatic heterocycles. The highest BCUT2D eigenvalue weighted by molar-refractivity contribution is 6.13. The molecule has 0 aliphatic heterocycles. The summed E-state index contributed by atoms with van der Waals surface area (Å²) in [4.78, 5) is 3.56. The van der Waals surface area contributed by atoms with Gasteiger partial charge in [-0.25, -0.2) is 4.85 Å². The number of furan rings is 1. The molecule has 0 spiro atoms. The molecule has 1 atom stereocenters. The molecule has 0 fully saturated rings. The summed E-state index contributed by atoms with van der Waals surface area (Å²) in [5.41, 5.74) is 1.86. The van der Waals surface area contributed by atoms with Crippen LogP contribution in [0.15, 0.2) is 34.7 Å². The molecule has 0 N–H and O–H groups in total. The van der Waals surface area contributed by atoms with Gasteiger partial charge in [0, 0.05) is 41.6 Å². The summed E-state index contributed by atoms with van der Waals surface area (Å²) in [7, 11) is 1.62. The normalized spacial score (nSPS) is 19.4. The third-order valence-corrected chi connectivity index (χ3v) is 5.85. The molecule has 0 radical (unpaired) electrons. The number of aromatic nitrogens is 1. The topological polar surface area (TPSA) is 21.4 Å². The average molecular weight is 436 g/mol. The van der Waals surface area contributed by atoms with Crippen LogP contribution in [0.25, 0.3) is 38.0 Å². The van der Waals surface area contributed by atoms with Crippen molar-refractivity contribution in [3.63, 3.8) is 0 Å². The van der Waals surface area contributed by atoms with Gasteiger partial charge < -0.3 is 4.42 Å². The van der Waals surface area contributed by atoms with Crippen molar-refractivity contribution in [3.05, 3.63) is 69.7 Å². The highest BCUT2D eigenvalue weighted by atomic mass is 16.3. The summed E-state index contributed by atoms with van der Waals surface area (Å²) in [5, 5.41) is 0.948.